The third-order valence-corrected chi connectivity index (χ3v) is 3.18. The first-order valence-electron chi connectivity index (χ1n) is 5.52. The number of hydrogen-bond acceptors (Lipinski definition) is 2. The van der Waals surface area contributed by atoms with Crippen molar-refractivity contribution in [3.05, 3.63) is 64.4 Å². The largest absolute Gasteiger partial charge is 0.268 e. The average Bonchev–Trinajstić information content (AvgIpc) is 2.63. The second kappa shape index (κ2) is 4.17. The molecule has 0 atom stereocenters. The first-order valence-corrected chi connectivity index (χ1v) is 5.90. The van der Waals surface area contributed by atoms with E-state index in [-0.39, 0.29) is 16.8 Å². The molecule has 1 heterocycles. The molecule has 2 aromatic rings. The fraction of sp³-hybridized carbons (Fsp3) is 0. The number of carbonyl (C=O) groups excluding carboxylic acids is 2. The van der Waals surface area contributed by atoms with Gasteiger partial charge in [0.2, 0.25) is 0 Å². The van der Waals surface area contributed by atoms with E-state index in [0.717, 1.165) is 4.90 Å². The molecule has 3 rings (SSSR count). The lowest BCUT2D eigenvalue weighted by Crippen LogP contribution is -2.30. The molecule has 19 heavy (non-hydrogen) atoms. The normalized spacial score (nSPS) is 13.9. The zero-order valence-electron chi connectivity index (χ0n) is 9.56. The highest BCUT2D eigenvalue weighted by Gasteiger charge is 2.37. The van der Waals surface area contributed by atoms with Crippen molar-refractivity contribution in [2.45, 2.75) is 0 Å². The molecule has 2 amide bonds. The summed E-state index contributed by atoms with van der Waals surface area (Å²) in [5, 5.41) is 0.357. The van der Waals surface area contributed by atoms with Crippen molar-refractivity contribution < 1.29 is 14.0 Å². The molecule has 0 bridgehead atoms. The molecule has 94 valence electrons. The second-order valence-corrected chi connectivity index (χ2v) is 4.52. The lowest BCUT2D eigenvalue weighted by molar-refractivity contribution is 0.0925. The zero-order chi connectivity index (χ0) is 13.6. The molecule has 0 fully saturated rings. The molecule has 5 heteroatoms. The van der Waals surface area contributed by atoms with Crippen LogP contribution in [0, 0.1) is 5.82 Å². The van der Waals surface area contributed by atoms with Gasteiger partial charge >= 0.3 is 0 Å². The maximum Gasteiger partial charge on any atom is 0.266 e. The van der Waals surface area contributed by atoms with Crippen LogP contribution in [-0.4, -0.2) is 11.8 Å². The number of benzene rings is 2. The highest BCUT2D eigenvalue weighted by Crippen LogP contribution is 2.31. The number of anilines is 1. The summed E-state index contributed by atoms with van der Waals surface area (Å²) in [4.78, 5) is 25.2. The number of imide groups is 1. The fourth-order valence-corrected chi connectivity index (χ4v) is 2.24. The maximum atomic E-state index is 13.7. The van der Waals surface area contributed by atoms with Gasteiger partial charge in [0.25, 0.3) is 11.8 Å². The molecule has 0 N–H and O–H groups in total. The van der Waals surface area contributed by atoms with Crippen LogP contribution in [0.2, 0.25) is 5.02 Å². The van der Waals surface area contributed by atoms with Crippen LogP contribution >= 0.6 is 11.6 Å². The van der Waals surface area contributed by atoms with Gasteiger partial charge in [0.05, 0.1) is 16.8 Å². The molecular weight excluding hydrogens is 269 g/mol. The first kappa shape index (κ1) is 11.9. The summed E-state index contributed by atoms with van der Waals surface area (Å²) in [6.07, 6.45) is 0. The first-order chi connectivity index (χ1) is 9.09. The summed E-state index contributed by atoms with van der Waals surface area (Å²) < 4.78 is 13.7. The smallest absolute Gasteiger partial charge is 0.266 e. The Morgan fingerprint density at radius 2 is 1.63 bits per heavy atom. The third kappa shape index (κ3) is 1.72. The minimum absolute atomic E-state index is 0.0511. The van der Waals surface area contributed by atoms with Crippen LogP contribution in [0.5, 0.6) is 0 Å². The lowest BCUT2D eigenvalue weighted by Gasteiger charge is -2.14. The van der Waals surface area contributed by atoms with Crippen LogP contribution < -0.4 is 4.90 Å². The van der Waals surface area contributed by atoms with E-state index in [4.69, 9.17) is 11.6 Å². The third-order valence-electron chi connectivity index (χ3n) is 2.94. The number of halogens is 2. The van der Waals surface area contributed by atoms with Crippen LogP contribution in [0.4, 0.5) is 10.1 Å². The van der Waals surface area contributed by atoms with Crippen molar-refractivity contribution in [1.82, 2.24) is 0 Å². The van der Waals surface area contributed by atoms with E-state index in [1.54, 1.807) is 6.07 Å². The standard InChI is InChI=1S/C14H7ClFNO2/c15-8-5-6-9-10(7-8)14(19)17(13(9)18)12-4-2-1-3-11(12)16/h1-7H. The summed E-state index contributed by atoms with van der Waals surface area (Å²) in [5.41, 5.74) is 0.378. The zero-order valence-corrected chi connectivity index (χ0v) is 10.3. The molecule has 3 nitrogen and oxygen atoms in total. The molecule has 0 unspecified atom stereocenters. The number of hydrogen-bond donors (Lipinski definition) is 0. The van der Waals surface area contributed by atoms with E-state index >= 15 is 0 Å². The van der Waals surface area contributed by atoms with Gasteiger partial charge in [-0.3, -0.25) is 9.59 Å². The number of para-hydroxylation sites is 1. The molecule has 0 spiro atoms. The number of rotatable bonds is 1. The second-order valence-electron chi connectivity index (χ2n) is 4.09. The number of carbonyl (C=O) groups is 2. The highest BCUT2D eigenvalue weighted by atomic mass is 35.5. The molecule has 1 aliphatic heterocycles. The molecule has 0 saturated carbocycles. The number of amides is 2. The lowest BCUT2D eigenvalue weighted by atomic mass is 10.1. The van der Waals surface area contributed by atoms with Gasteiger partial charge in [-0.1, -0.05) is 23.7 Å². The monoisotopic (exact) mass is 275 g/mol. The van der Waals surface area contributed by atoms with Crippen molar-refractivity contribution in [2.75, 3.05) is 4.90 Å². The Morgan fingerprint density at radius 1 is 0.947 bits per heavy atom. The van der Waals surface area contributed by atoms with Crippen molar-refractivity contribution in [2.24, 2.45) is 0 Å². The fourth-order valence-electron chi connectivity index (χ4n) is 2.06. The van der Waals surface area contributed by atoms with Crippen molar-refractivity contribution in [3.8, 4) is 0 Å². The van der Waals surface area contributed by atoms with Crippen molar-refractivity contribution in [3.63, 3.8) is 0 Å². The van der Waals surface area contributed by atoms with Gasteiger partial charge in [-0.25, -0.2) is 9.29 Å². The Balaban J connectivity index is 2.16. The molecule has 0 aliphatic carbocycles. The summed E-state index contributed by atoms with van der Waals surface area (Å²) >= 11 is 5.81. The topological polar surface area (TPSA) is 37.4 Å². The Bertz CT molecular complexity index is 714. The minimum Gasteiger partial charge on any atom is -0.268 e. The van der Waals surface area contributed by atoms with Gasteiger partial charge in [0, 0.05) is 5.02 Å². The van der Waals surface area contributed by atoms with E-state index in [0.29, 0.717) is 5.02 Å². The van der Waals surface area contributed by atoms with E-state index in [1.807, 2.05) is 0 Å². The average molecular weight is 276 g/mol. The molecule has 0 radical (unpaired) electrons. The minimum atomic E-state index is -0.622. The van der Waals surface area contributed by atoms with E-state index in [1.165, 1.54) is 36.4 Å². The van der Waals surface area contributed by atoms with Gasteiger partial charge < -0.3 is 0 Å². The molecule has 0 aromatic heterocycles. The van der Waals surface area contributed by atoms with Gasteiger partial charge in [-0.15, -0.1) is 0 Å². The number of nitrogens with zero attached hydrogens (tertiary/aromatic N) is 1. The Morgan fingerprint density at radius 3 is 2.37 bits per heavy atom. The van der Waals surface area contributed by atoms with Gasteiger partial charge in [0.15, 0.2) is 0 Å². The highest BCUT2D eigenvalue weighted by molar-refractivity contribution is 6.36. The summed E-state index contributed by atoms with van der Waals surface area (Å²) in [5.74, 6) is -1.72. The Labute approximate surface area is 113 Å². The SMILES string of the molecule is O=C1c2ccc(Cl)cc2C(=O)N1c1ccccc1F. The summed E-state index contributed by atoms with van der Waals surface area (Å²) in [6, 6.07) is 10.1. The maximum absolute atomic E-state index is 13.7. The van der Waals surface area contributed by atoms with Crippen LogP contribution in [0.3, 0.4) is 0 Å². The predicted molar refractivity (Wildman–Crippen MR) is 69.0 cm³/mol. The van der Waals surface area contributed by atoms with Crippen molar-refractivity contribution >= 4 is 29.1 Å². The van der Waals surface area contributed by atoms with Gasteiger partial charge in [-0.2, -0.15) is 0 Å². The molecule has 0 saturated heterocycles. The molecule has 1 aliphatic rings. The summed E-state index contributed by atoms with van der Waals surface area (Å²) in [6.45, 7) is 0. The number of fused-ring (bicyclic) bond motifs is 1. The molecular formula is C14H7ClFNO2. The van der Waals surface area contributed by atoms with E-state index in [9.17, 15) is 14.0 Å². The van der Waals surface area contributed by atoms with Crippen LogP contribution in [-0.2, 0) is 0 Å². The van der Waals surface area contributed by atoms with Crippen LogP contribution in [0.1, 0.15) is 20.7 Å². The van der Waals surface area contributed by atoms with E-state index < -0.39 is 17.6 Å². The Hall–Kier alpha value is -2.20. The Kier molecular flexibility index (Phi) is 2.61. The quantitative estimate of drug-likeness (QED) is 0.749. The summed E-state index contributed by atoms with van der Waals surface area (Å²) in [7, 11) is 0. The van der Waals surface area contributed by atoms with E-state index in [2.05, 4.69) is 0 Å². The van der Waals surface area contributed by atoms with Crippen molar-refractivity contribution in [1.29, 1.82) is 0 Å². The van der Waals surface area contributed by atoms with Gasteiger partial charge in [0.1, 0.15) is 5.82 Å². The predicted octanol–water partition coefficient (Wildman–Crippen LogP) is 3.28. The van der Waals surface area contributed by atoms with Crippen LogP contribution in [0.15, 0.2) is 42.5 Å². The van der Waals surface area contributed by atoms with Gasteiger partial charge in [-0.05, 0) is 30.3 Å². The van der Waals surface area contributed by atoms with Crippen LogP contribution in [0.25, 0.3) is 0 Å². The molecule has 2 aromatic carbocycles.